The predicted octanol–water partition coefficient (Wildman–Crippen LogP) is 2.25. The van der Waals surface area contributed by atoms with Crippen molar-refractivity contribution in [2.24, 2.45) is 0 Å². The molecule has 2 rings (SSSR count). The van der Waals surface area contributed by atoms with Crippen LogP contribution in [0.4, 0.5) is 0 Å². The summed E-state index contributed by atoms with van der Waals surface area (Å²) < 4.78 is 13.4. The topological polar surface area (TPSA) is 47.8 Å². The van der Waals surface area contributed by atoms with E-state index >= 15 is 0 Å². The molecule has 98 valence electrons. The van der Waals surface area contributed by atoms with Crippen molar-refractivity contribution in [3.8, 4) is 0 Å². The first-order valence-corrected chi connectivity index (χ1v) is 7.88. The van der Waals surface area contributed by atoms with Crippen LogP contribution in [0, 0.1) is 6.92 Å². The van der Waals surface area contributed by atoms with Crippen molar-refractivity contribution in [3.63, 3.8) is 0 Å². The quantitative estimate of drug-likeness (QED) is 0.810. The van der Waals surface area contributed by atoms with Crippen molar-refractivity contribution < 1.29 is 4.21 Å². The van der Waals surface area contributed by atoms with E-state index in [0.29, 0.717) is 12.4 Å². The second kappa shape index (κ2) is 5.36. The molecule has 2 aromatic rings. The summed E-state index contributed by atoms with van der Waals surface area (Å²) in [5.74, 6) is 1.11. The summed E-state index contributed by atoms with van der Waals surface area (Å²) in [6.07, 6.45) is 3.52. The van der Waals surface area contributed by atoms with E-state index < -0.39 is 10.8 Å². The first-order chi connectivity index (χ1) is 8.52. The summed E-state index contributed by atoms with van der Waals surface area (Å²) >= 11 is 5.92. The van der Waals surface area contributed by atoms with E-state index in [1.54, 1.807) is 6.26 Å². The third-order valence-corrected chi connectivity index (χ3v) is 4.45. The first-order valence-electron chi connectivity index (χ1n) is 5.73. The Hall–Kier alpha value is -0.940. The van der Waals surface area contributed by atoms with Crippen LogP contribution in [0.3, 0.4) is 0 Å². The number of rotatable bonds is 4. The number of fused-ring (bicyclic) bond motifs is 1. The van der Waals surface area contributed by atoms with E-state index in [9.17, 15) is 4.21 Å². The lowest BCUT2D eigenvalue weighted by Gasteiger charge is -2.11. The molecule has 4 nitrogen and oxygen atoms in total. The summed E-state index contributed by atoms with van der Waals surface area (Å²) in [5, 5.41) is 0.0486. The third kappa shape index (κ3) is 2.57. The Bertz CT molecular complexity index is 596. The summed E-state index contributed by atoms with van der Waals surface area (Å²) in [7, 11) is -0.872. The zero-order valence-electron chi connectivity index (χ0n) is 10.7. The van der Waals surface area contributed by atoms with Gasteiger partial charge in [-0.15, -0.1) is 11.6 Å². The Morgan fingerprint density at radius 2 is 2.28 bits per heavy atom. The highest BCUT2D eigenvalue weighted by molar-refractivity contribution is 7.84. The molecule has 0 aliphatic heterocycles. The molecule has 2 heterocycles. The first kappa shape index (κ1) is 13.5. The fourth-order valence-corrected chi connectivity index (χ4v) is 2.38. The van der Waals surface area contributed by atoms with E-state index in [4.69, 9.17) is 11.6 Å². The van der Waals surface area contributed by atoms with Gasteiger partial charge in [-0.1, -0.05) is 0 Å². The van der Waals surface area contributed by atoms with Crippen molar-refractivity contribution in [3.05, 3.63) is 23.7 Å². The molecule has 0 aliphatic carbocycles. The van der Waals surface area contributed by atoms with E-state index in [2.05, 4.69) is 9.97 Å². The number of halogens is 1. The molecular formula is C12H16ClN3OS. The molecular weight excluding hydrogens is 270 g/mol. The highest BCUT2D eigenvalue weighted by Crippen LogP contribution is 2.18. The van der Waals surface area contributed by atoms with Crippen LogP contribution in [0.25, 0.3) is 11.2 Å². The van der Waals surface area contributed by atoms with Gasteiger partial charge in [0.15, 0.2) is 5.65 Å². The standard InChI is InChI=1S/C12H16ClN3OS/c1-8-4-10-12(14-6-8)16(11(5-13)15-10)7-9(2)18(3)17/h4,6,9H,5,7H2,1-3H3. The van der Waals surface area contributed by atoms with Crippen molar-refractivity contribution in [1.29, 1.82) is 0 Å². The van der Waals surface area contributed by atoms with Crippen LogP contribution in [0.1, 0.15) is 18.3 Å². The normalized spacial score (nSPS) is 14.9. The molecule has 2 aromatic heterocycles. The van der Waals surface area contributed by atoms with Crippen molar-refractivity contribution in [1.82, 2.24) is 14.5 Å². The van der Waals surface area contributed by atoms with Gasteiger partial charge in [-0.05, 0) is 25.5 Å². The van der Waals surface area contributed by atoms with Gasteiger partial charge in [-0.2, -0.15) is 0 Å². The van der Waals surface area contributed by atoms with Crippen molar-refractivity contribution >= 4 is 33.6 Å². The van der Waals surface area contributed by atoms with Crippen LogP contribution in [-0.2, 0) is 23.2 Å². The van der Waals surface area contributed by atoms with Gasteiger partial charge in [0.25, 0.3) is 0 Å². The molecule has 0 saturated heterocycles. The summed E-state index contributed by atoms with van der Waals surface area (Å²) in [6, 6.07) is 1.99. The van der Waals surface area contributed by atoms with Crippen LogP contribution < -0.4 is 0 Å². The fraction of sp³-hybridized carbons (Fsp3) is 0.500. The molecule has 18 heavy (non-hydrogen) atoms. The molecule has 2 atom stereocenters. The molecule has 0 saturated carbocycles. The lowest BCUT2D eigenvalue weighted by molar-refractivity contribution is 0.638. The van der Waals surface area contributed by atoms with Crippen LogP contribution in [0.2, 0.25) is 0 Å². The molecule has 0 N–H and O–H groups in total. The van der Waals surface area contributed by atoms with Gasteiger partial charge in [0.1, 0.15) is 11.3 Å². The molecule has 0 radical (unpaired) electrons. The van der Waals surface area contributed by atoms with Gasteiger partial charge < -0.3 is 4.57 Å². The summed E-state index contributed by atoms with van der Waals surface area (Å²) in [4.78, 5) is 8.88. The highest BCUT2D eigenvalue weighted by atomic mass is 35.5. The van der Waals surface area contributed by atoms with E-state index in [0.717, 1.165) is 22.6 Å². The zero-order valence-corrected chi connectivity index (χ0v) is 12.3. The Kier molecular flexibility index (Phi) is 4.02. The molecule has 2 unspecified atom stereocenters. The number of hydrogen-bond donors (Lipinski definition) is 0. The minimum absolute atomic E-state index is 0.0486. The number of aryl methyl sites for hydroxylation is 1. The number of nitrogens with zero attached hydrogens (tertiary/aromatic N) is 3. The smallest absolute Gasteiger partial charge is 0.160 e. The molecule has 0 fully saturated rings. The summed E-state index contributed by atoms with van der Waals surface area (Å²) in [6.45, 7) is 4.56. The number of imidazole rings is 1. The van der Waals surface area contributed by atoms with Gasteiger partial charge in [-0.25, -0.2) is 9.97 Å². The average molecular weight is 286 g/mol. The van der Waals surface area contributed by atoms with Gasteiger partial charge in [0.05, 0.1) is 5.88 Å². The predicted molar refractivity (Wildman–Crippen MR) is 75.4 cm³/mol. The minimum Gasteiger partial charge on any atom is -0.310 e. The average Bonchev–Trinajstić information content (AvgIpc) is 2.66. The largest absolute Gasteiger partial charge is 0.310 e. The van der Waals surface area contributed by atoms with E-state index in [1.807, 2.05) is 30.7 Å². The van der Waals surface area contributed by atoms with Crippen LogP contribution in [0.15, 0.2) is 12.3 Å². The molecule has 0 spiro atoms. The van der Waals surface area contributed by atoms with Crippen molar-refractivity contribution in [2.45, 2.75) is 31.5 Å². The second-order valence-corrected chi connectivity index (χ2v) is 6.51. The SMILES string of the molecule is Cc1cnc2c(c1)nc(CCl)n2CC(C)S(C)=O. The number of aromatic nitrogens is 3. The molecule has 0 amide bonds. The molecule has 6 heteroatoms. The zero-order chi connectivity index (χ0) is 13.3. The number of alkyl halides is 1. The van der Waals surface area contributed by atoms with Crippen molar-refractivity contribution in [2.75, 3.05) is 6.26 Å². The van der Waals surface area contributed by atoms with Gasteiger partial charge in [0.2, 0.25) is 0 Å². The Labute approximate surface area is 114 Å². The molecule has 0 bridgehead atoms. The molecule has 0 aromatic carbocycles. The van der Waals surface area contributed by atoms with E-state index in [-0.39, 0.29) is 5.25 Å². The number of pyridine rings is 1. The second-order valence-electron chi connectivity index (χ2n) is 4.44. The maximum Gasteiger partial charge on any atom is 0.160 e. The Morgan fingerprint density at radius 3 is 2.89 bits per heavy atom. The monoisotopic (exact) mass is 285 g/mol. The maximum absolute atomic E-state index is 11.5. The highest BCUT2D eigenvalue weighted by Gasteiger charge is 2.15. The Balaban J connectivity index is 2.50. The Morgan fingerprint density at radius 1 is 1.56 bits per heavy atom. The third-order valence-electron chi connectivity index (χ3n) is 2.93. The van der Waals surface area contributed by atoms with Gasteiger partial charge >= 0.3 is 0 Å². The fourth-order valence-electron chi connectivity index (χ4n) is 1.81. The number of hydrogen-bond acceptors (Lipinski definition) is 3. The van der Waals surface area contributed by atoms with Gasteiger partial charge in [-0.3, -0.25) is 4.21 Å². The summed E-state index contributed by atoms with van der Waals surface area (Å²) in [5.41, 5.74) is 2.73. The van der Waals surface area contributed by atoms with E-state index in [1.165, 1.54) is 0 Å². The molecule has 0 aliphatic rings. The van der Waals surface area contributed by atoms with Crippen LogP contribution in [-0.4, -0.2) is 30.2 Å². The lowest BCUT2D eigenvalue weighted by atomic mass is 10.3. The lowest BCUT2D eigenvalue weighted by Crippen LogP contribution is -2.19. The van der Waals surface area contributed by atoms with Gasteiger partial charge in [0, 0.05) is 35.0 Å². The minimum atomic E-state index is -0.872. The van der Waals surface area contributed by atoms with Crippen LogP contribution >= 0.6 is 11.6 Å². The maximum atomic E-state index is 11.5. The van der Waals surface area contributed by atoms with Crippen LogP contribution in [0.5, 0.6) is 0 Å².